The Labute approximate surface area is 209 Å². The van der Waals surface area contributed by atoms with Crippen molar-refractivity contribution in [1.29, 1.82) is 0 Å². The lowest BCUT2D eigenvalue weighted by Gasteiger charge is -2.13. The predicted molar refractivity (Wildman–Crippen MR) is 128 cm³/mol. The van der Waals surface area contributed by atoms with Gasteiger partial charge in [0, 0.05) is 19.4 Å². The molecule has 0 bridgehead atoms. The van der Waals surface area contributed by atoms with Crippen molar-refractivity contribution in [3.8, 4) is 0 Å². The number of carboxylic acids is 4. The third-order valence-corrected chi connectivity index (χ3v) is 4.70. The van der Waals surface area contributed by atoms with Crippen molar-refractivity contribution in [2.45, 2.75) is 76.4 Å². The van der Waals surface area contributed by atoms with Crippen LogP contribution in [0.25, 0.3) is 0 Å². The first-order valence-electron chi connectivity index (χ1n) is 11.5. The fourth-order valence-corrected chi connectivity index (χ4v) is 2.63. The van der Waals surface area contributed by atoms with Gasteiger partial charge < -0.3 is 40.9 Å². The summed E-state index contributed by atoms with van der Waals surface area (Å²) in [7, 11) is 0. The summed E-state index contributed by atoms with van der Waals surface area (Å²) in [5.74, 6) is -3.61. The number of hydrogen-bond acceptors (Lipinski definition) is 8. The van der Waals surface area contributed by atoms with Gasteiger partial charge in [-0.1, -0.05) is 25.7 Å². The van der Waals surface area contributed by atoms with Crippen LogP contribution < -0.4 is 0 Å². The summed E-state index contributed by atoms with van der Waals surface area (Å²) in [5, 5.41) is 68.0. The van der Waals surface area contributed by atoms with Crippen LogP contribution in [0.2, 0.25) is 0 Å². The molecule has 1 aromatic rings. The molecule has 2 atom stereocenters. The van der Waals surface area contributed by atoms with Crippen LogP contribution in [-0.4, -0.2) is 90.2 Å². The number of aliphatic hydroxyl groups excluding tert-OH is 4. The average Bonchev–Trinajstić information content (AvgIpc) is 2.84. The molecule has 0 aliphatic heterocycles. The number of aliphatic hydroxyl groups is 4. The molecule has 0 heterocycles. The van der Waals surface area contributed by atoms with E-state index < -0.39 is 42.7 Å². The number of hydrogen-bond donors (Lipinski definition) is 8. The first-order valence-corrected chi connectivity index (χ1v) is 11.5. The van der Waals surface area contributed by atoms with Gasteiger partial charge in [0.25, 0.3) is 0 Å². The molecule has 2 unspecified atom stereocenters. The van der Waals surface area contributed by atoms with Gasteiger partial charge in [-0.25, -0.2) is 9.59 Å². The lowest BCUT2D eigenvalue weighted by atomic mass is 10.1. The Kier molecular flexibility index (Phi) is 21.8. The molecular formula is C24H38O12. The zero-order valence-corrected chi connectivity index (χ0v) is 20.2. The summed E-state index contributed by atoms with van der Waals surface area (Å²) in [6.07, 6.45) is 4.59. The third-order valence-electron chi connectivity index (χ3n) is 4.70. The van der Waals surface area contributed by atoms with E-state index in [-0.39, 0.29) is 30.6 Å². The van der Waals surface area contributed by atoms with E-state index in [4.69, 9.17) is 40.9 Å². The number of carbonyl (C=O) groups is 4. The molecule has 12 nitrogen and oxygen atoms in total. The molecule has 0 saturated heterocycles. The first kappa shape index (κ1) is 35.1. The van der Waals surface area contributed by atoms with Crippen LogP contribution in [0.4, 0.5) is 0 Å². The van der Waals surface area contributed by atoms with Gasteiger partial charge in [0.15, 0.2) is 0 Å². The number of aromatic carboxylic acids is 2. The van der Waals surface area contributed by atoms with Crippen molar-refractivity contribution < 1.29 is 60.0 Å². The summed E-state index contributed by atoms with van der Waals surface area (Å²) in [6.45, 7) is -0.443. The Bertz CT molecular complexity index is 695. The predicted octanol–water partition coefficient (Wildman–Crippen LogP) is 1.83. The number of unbranched alkanes of at least 4 members (excludes halogenated alkanes) is 5. The molecule has 0 amide bonds. The topological polar surface area (TPSA) is 230 Å². The standard InChI is InChI=1S/C10H18O4.C8H6O4.C6H14O4/c11-9(12)7-5-3-1-2-4-6-8-10(13)14;9-7(10)5-1-2-6(4-3-5)8(11)12;7-3-1-2-5(9)6(10)4-8/h1-8H2,(H,11,12)(H,13,14);1-4H,(H,9,10)(H,11,12);5-10H,1-4H2. The highest BCUT2D eigenvalue weighted by Crippen LogP contribution is 2.08. The molecule has 0 radical (unpaired) electrons. The maximum absolute atomic E-state index is 10.3. The number of rotatable bonds is 16. The van der Waals surface area contributed by atoms with E-state index in [0.717, 1.165) is 38.5 Å². The Balaban J connectivity index is 0. The molecule has 0 aromatic heterocycles. The third kappa shape index (κ3) is 21.5. The van der Waals surface area contributed by atoms with Crippen LogP contribution >= 0.6 is 0 Å². The molecule has 0 aliphatic carbocycles. The summed E-state index contributed by atoms with van der Waals surface area (Å²) in [4.78, 5) is 41.0. The average molecular weight is 519 g/mol. The minimum atomic E-state index is -1.08. The highest BCUT2D eigenvalue weighted by Gasteiger charge is 2.13. The van der Waals surface area contributed by atoms with E-state index in [2.05, 4.69) is 0 Å². The van der Waals surface area contributed by atoms with Crippen LogP contribution in [0.1, 0.15) is 84.9 Å². The van der Waals surface area contributed by atoms with E-state index >= 15 is 0 Å². The Morgan fingerprint density at radius 3 is 1.22 bits per heavy atom. The normalized spacial score (nSPS) is 11.7. The molecule has 0 spiro atoms. The summed E-state index contributed by atoms with van der Waals surface area (Å²) in [6, 6.07) is 5.02. The highest BCUT2D eigenvalue weighted by atomic mass is 16.4. The minimum Gasteiger partial charge on any atom is -0.481 e. The summed E-state index contributed by atoms with van der Waals surface area (Å²) < 4.78 is 0. The van der Waals surface area contributed by atoms with Gasteiger partial charge in [0.2, 0.25) is 0 Å². The lowest BCUT2D eigenvalue weighted by Crippen LogP contribution is -2.29. The van der Waals surface area contributed by atoms with Crippen molar-refractivity contribution in [3.63, 3.8) is 0 Å². The number of carboxylic acid groups (broad SMARTS) is 4. The van der Waals surface area contributed by atoms with Crippen molar-refractivity contribution in [2.24, 2.45) is 0 Å². The van der Waals surface area contributed by atoms with Gasteiger partial charge in [-0.05, 0) is 49.9 Å². The Morgan fingerprint density at radius 2 is 0.944 bits per heavy atom. The molecule has 1 aromatic carbocycles. The van der Waals surface area contributed by atoms with Gasteiger partial charge in [-0.2, -0.15) is 0 Å². The SMILES string of the molecule is O=C(O)CCCCCCCCC(=O)O.O=C(O)c1ccc(C(=O)O)cc1.OCCCC(O)C(O)CO. The molecular weight excluding hydrogens is 480 g/mol. The smallest absolute Gasteiger partial charge is 0.335 e. The molecule has 0 aliphatic rings. The Morgan fingerprint density at radius 1 is 0.583 bits per heavy atom. The van der Waals surface area contributed by atoms with Crippen molar-refractivity contribution in [1.82, 2.24) is 0 Å². The maximum Gasteiger partial charge on any atom is 0.335 e. The second-order valence-corrected chi connectivity index (χ2v) is 7.78. The van der Waals surface area contributed by atoms with Crippen LogP contribution in [0.15, 0.2) is 24.3 Å². The largest absolute Gasteiger partial charge is 0.481 e. The fraction of sp³-hybridized carbons (Fsp3) is 0.583. The zero-order valence-electron chi connectivity index (χ0n) is 20.2. The highest BCUT2D eigenvalue weighted by molar-refractivity contribution is 5.91. The quantitative estimate of drug-likeness (QED) is 0.146. The minimum absolute atomic E-state index is 0.00475. The molecule has 8 N–H and O–H groups in total. The Hall–Kier alpha value is -3.06. The van der Waals surface area contributed by atoms with E-state index in [1.165, 1.54) is 24.3 Å². The molecule has 0 fully saturated rings. The number of aliphatic carboxylic acids is 2. The van der Waals surface area contributed by atoms with Gasteiger partial charge in [0.1, 0.15) is 6.10 Å². The molecule has 0 saturated carbocycles. The van der Waals surface area contributed by atoms with E-state index in [0.29, 0.717) is 12.8 Å². The van der Waals surface area contributed by atoms with Crippen LogP contribution in [0.3, 0.4) is 0 Å². The monoisotopic (exact) mass is 518 g/mol. The van der Waals surface area contributed by atoms with Gasteiger partial charge in [0.05, 0.1) is 23.8 Å². The summed E-state index contributed by atoms with van der Waals surface area (Å²) in [5.41, 5.74) is 0.167. The first-order chi connectivity index (χ1) is 17.0. The fourth-order valence-electron chi connectivity index (χ4n) is 2.63. The van der Waals surface area contributed by atoms with Crippen LogP contribution in [-0.2, 0) is 9.59 Å². The molecule has 1 rings (SSSR count). The second-order valence-electron chi connectivity index (χ2n) is 7.78. The van der Waals surface area contributed by atoms with E-state index in [1.807, 2.05) is 0 Å². The second kappa shape index (κ2) is 22.4. The zero-order chi connectivity index (χ0) is 27.9. The van der Waals surface area contributed by atoms with Gasteiger partial charge in [-0.15, -0.1) is 0 Å². The van der Waals surface area contributed by atoms with Crippen molar-refractivity contribution in [3.05, 3.63) is 35.4 Å². The lowest BCUT2D eigenvalue weighted by molar-refractivity contribution is -0.138. The van der Waals surface area contributed by atoms with Crippen LogP contribution in [0.5, 0.6) is 0 Å². The van der Waals surface area contributed by atoms with E-state index in [9.17, 15) is 19.2 Å². The van der Waals surface area contributed by atoms with Crippen molar-refractivity contribution in [2.75, 3.05) is 13.2 Å². The van der Waals surface area contributed by atoms with Gasteiger partial charge >= 0.3 is 23.9 Å². The molecule has 12 heteroatoms. The van der Waals surface area contributed by atoms with E-state index in [1.54, 1.807) is 0 Å². The van der Waals surface area contributed by atoms with Crippen LogP contribution in [0, 0.1) is 0 Å². The molecule has 206 valence electrons. The maximum atomic E-state index is 10.3. The molecule has 36 heavy (non-hydrogen) atoms. The number of benzene rings is 1. The van der Waals surface area contributed by atoms with Gasteiger partial charge in [-0.3, -0.25) is 9.59 Å². The summed E-state index contributed by atoms with van der Waals surface area (Å²) >= 11 is 0. The van der Waals surface area contributed by atoms with Crippen molar-refractivity contribution >= 4 is 23.9 Å².